The molecule has 3 heterocycles. The first-order valence-electron chi connectivity index (χ1n) is 9.72. The standard InChI is InChI=1S/C22H24N4O3/c1-29-18-7-6-17(20(27)10-18)14-26-9-3-5-16(13-26)19-11-21(28)25-22(24-19)15-4-2-8-23-12-15/h2,4,6-8,10-12,16,27H,3,5,9,13-14H2,1H3,(H,24,25,28). The van der Waals surface area contributed by atoms with E-state index in [1.165, 1.54) is 0 Å². The van der Waals surface area contributed by atoms with Crippen LogP contribution in [0, 0.1) is 0 Å². The summed E-state index contributed by atoms with van der Waals surface area (Å²) in [5, 5.41) is 10.3. The smallest absolute Gasteiger partial charge is 0.251 e. The van der Waals surface area contributed by atoms with E-state index in [2.05, 4.69) is 14.9 Å². The number of ether oxygens (including phenoxy) is 1. The van der Waals surface area contributed by atoms with Gasteiger partial charge >= 0.3 is 0 Å². The number of nitrogens with zero attached hydrogens (tertiary/aromatic N) is 3. The summed E-state index contributed by atoms with van der Waals surface area (Å²) >= 11 is 0. The Kier molecular flexibility index (Phi) is 5.57. The number of piperidine rings is 1. The predicted molar refractivity (Wildman–Crippen MR) is 110 cm³/mol. The van der Waals surface area contributed by atoms with Gasteiger partial charge in [-0.1, -0.05) is 6.07 Å². The van der Waals surface area contributed by atoms with Crippen LogP contribution in [0.2, 0.25) is 0 Å². The van der Waals surface area contributed by atoms with E-state index in [-0.39, 0.29) is 17.2 Å². The van der Waals surface area contributed by atoms with Crippen LogP contribution in [0.15, 0.2) is 53.6 Å². The molecule has 29 heavy (non-hydrogen) atoms. The highest BCUT2D eigenvalue weighted by atomic mass is 16.5. The van der Waals surface area contributed by atoms with E-state index >= 15 is 0 Å². The molecule has 3 aromatic rings. The quantitative estimate of drug-likeness (QED) is 0.694. The van der Waals surface area contributed by atoms with Crippen molar-refractivity contribution in [1.29, 1.82) is 0 Å². The Hall–Kier alpha value is -3.19. The fraction of sp³-hybridized carbons (Fsp3) is 0.318. The molecule has 1 saturated heterocycles. The number of hydrogen-bond acceptors (Lipinski definition) is 6. The number of likely N-dealkylation sites (tertiary alicyclic amines) is 1. The van der Waals surface area contributed by atoms with E-state index in [0.29, 0.717) is 18.1 Å². The zero-order chi connectivity index (χ0) is 20.2. The maximum Gasteiger partial charge on any atom is 0.251 e. The van der Waals surface area contributed by atoms with Gasteiger partial charge in [-0.3, -0.25) is 14.7 Å². The molecule has 0 spiro atoms. The zero-order valence-electron chi connectivity index (χ0n) is 16.3. The topological polar surface area (TPSA) is 91.3 Å². The fourth-order valence-corrected chi connectivity index (χ4v) is 3.81. The molecule has 0 radical (unpaired) electrons. The first kappa shape index (κ1) is 19.1. The summed E-state index contributed by atoms with van der Waals surface area (Å²) in [6.07, 6.45) is 5.38. The van der Waals surface area contributed by atoms with Crippen molar-refractivity contribution in [1.82, 2.24) is 19.9 Å². The van der Waals surface area contributed by atoms with Gasteiger partial charge in [0, 0.05) is 54.7 Å². The van der Waals surface area contributed by atoms with Gasteiger partial charge in [0.15, 0.2) is 0 Å². The first-order chi connectivity index (χ1) is 14.1. The molecule has 1 fully saturated rings. The summed E-state index contributed by atoms with van der Waals surface area (Å²) in [6.45, 7) is 2.38. The summed E-state index contributed by atoms with van der Waals surface area (Å²) < 4.78 is 5.15. The number of nitrogens with one attached hydrogen (secondary N) is 1. The van der Waals surface area contributed by atoms with Gasteiger partial charge in [-0.15, -0.1) is 0 Å². The van der Waals surface area contributed by atoms with E-state index in [9.17, 15) is 9.90 Å². The average molecular weight is 392 g/mol. The normalized spacial score (nSPS) is 17.2. The first-order valence-corrected chi connectivity index (χ1v) is 9.72. The van der Waals surface area contributed by atoms with Crippen molar-refractivity contribution in [2.24, 2.45) is 0 Å². The maximum absolute atomic E-state index is 12.2. The minimum absolute atomic E-state index is 0.154. The Morgan fingerprint density at radius 2 is 2.21 bits per heavy atom. The lowest BCUT2D eigenvalue weighted by Crippen LogP contribution is -2.34. The molecule has 2 N–H and O–H groups in total. The minimum Gasteiger partial charge on any atom is -0.507 e. The number of aromatic amines is 1. The molecule has 7 heteroatoms. The molecule has 0 amide bonds. The zero-order valence-corrected chi connectivity index (χ0v) is 16.3. The van der Waals surface area contributed by atoms with Crippen LogP contribution < -0.4 is 10.3 Å². The number of aromatic hydroxyl groups is 1. The Bertz CT molecular complexity index is 1040. The third-order valence-corrected chi connectivity index (χ3v) is 5.31. The number of rotatable bonds is 5. The predicted octanol–water partition coefficient (Wildman–Crippen LogP) is 2.93. The van der Waals surface area contributed by atoms with Crippen molar-refractivity contribution in [2.45, 2.75) is 25.3 Å². The van der Waals surface area contributed by atoms with E-state index < -0.39 is 0 Å². The van der Waals surface area contributed by atoms with Gasteiger partial charge in [0.2, 0.25) is 0 Å². The van der Waals surface area contributed by atoms with Gasteiger partial charge < -0.3 is 14.8 Å². The van der Waals surface area contributed by atoms with Crippen molar-refractivity contribution >= 4 is 0 Å². The summed E-state index contributed by atoms with van der Waals surface area (Å²) in [6, 6.07) is 10.7. The lowest BCUT2D eigenvalue weighted by atomic mass is 9.94. The van der Waals surface area contributed by atoms with Gasteiger partial charge in [-0.05, 0) is 37.6 Å². The summed E-state index contributed by atoms with van der Waals surface area (Å²) in [7, 11) is 1.58. The molecule has 1 atom stereocenters. The SMILES string of the molecule is COc1ccc(CN2CCCC(c3cc(=O)[nH]c(-c4cccnc4)n3)C2)c(O)c1. The Balaban J connectivity index is 1.53. The third kappa shape index (κ3) is 4.46. The second kappa shape index (κ2) is 8.45. The summed E-state index contributed by atoms with van der Waals surface area (Å²) in [5.41, 5.74) is 2.30. The number of methoxy groups -OCH3 is 1. The van der Waals surface area contributed by atoms with E-state index in [4.69, 9.17) is 9.72 Å². The van der Waals surface area contributed by atoms with Crippen LogP contribution in [0.4, 0.5) is 0 Å². The van der Waals surface area contributed by atoms with Gasteiger partial charge in [0.1, 0.15) is 17.3 Å². The van der Waals surface area contributed by atoms with Gasteiger partial charge in [-0.2, -0.15) is 0 Å². The van der Waals surface area contributed by atoms with Crippen LogP contribution in [0.5, 0.6) is 11.5 Å². The highest BCUT2D eigenvalue weighted by Gasteiger charge is 2.24. The summed E-state index contributed by atoms with van der Waals surface area (Å²) in [4.78, 5) is 26.2. The second-order valence-electron chi connectivity index (χ2n) is 7.33. The third-order valence-electron chi connectivity index (χ3n) is 5.31. The molecule has 150 valence electrons. The average Bonchev–Trinajstić information content (AvgIpc) is 2.75. The van der Waals surface area contributed by atoms with Crippen LogP contribution >= 0.6 is 0 Å². The van der Waals surface area contributed by atoms with Crippen LogP contribution in [0.1, 0.15) is 30.0 Å². The molecular formula is C22H24N4O3. The van der Waals surface area contributed by atoms with E-state index in [1.54, 1.807) is 31.6 Å². The molecule has 1 aromatic carbocycles. The molecule has 0 bridgehead atoms. The molecule has 2 aromatic heterocycles. The van der Waals surface area contributed by atoms with Gasteiger partial charge in [0.05, 0.1) is 12.8 Å². The fourth-order valence-electron chi connectivity index (χ4n) is 3.81. The molecule has 0 saturated carbocycles. The molecule has 1 unspecified atom stereocenters. The number of benzene rings is 1. The molecule has 1 aliphatic heterocycles. The molecule has 7 nitrogen and oxygen atoms in total. The number of hydrogen-bond donors (Lipinski definition) is 2. The number of pyridine rings is 1. The minimum atomic E-state index is -0.154. The summed E-state index contributed by atoms with van der Waals surface area (Å²) in [5.74, 6) is 1.59. The molecule has 1 aliphatic rings. The van der Waals surface area contributed by atoms with Crippen molar-refractivity contribution in [3.63, 3.8) is 0 Å². The molecule has 4 rings (SSSR count). The largest absolute Gasteiger partial charge is 0.507 e. The van der Waals surface area contributed by atoms with E-state index in [0.717, 1.165) is 42.8 Å². The Morgan fingerprint density at radius 3 is 2.97 bits per heavy atom. The van der Waals surface area contributed by atoms with Crippen LogP contribution in [-0.4, -0.2) is 45.2 Å². The number of phenolic OH excluding ortho intramolecular Hbond substituents is 1. The van der Waals surface area contributed by atoms with Crippen molar-refractivity contribution in [3.05, 3.63) is 70.4 Å². The van der Waals surface area contributed by atoms with Crippen molar-refractivity contribution in [3.8, 4) is 22.9 Å². The monoisotopic (exact) mass is 392 g/mol. The van der Waals surface area contributed by atoms with Gasteiger partial charge in [-0.25, -0.2) is 4.98 Å². The lowest BCUT2D eigenvalue weighted by molar-refractivity contribution is 0.196. The van der Waals surface area contributed by atoms with Crippen molar-refractivity contribution in [2.75, 3.05) is 20.2 Å². The Morgan fingerprint density at radius 1 is 1.31 bits per heavy atom. The Labute approximate surface area is 169 Å². The van der Waals surface area contributed by atoms with Crippen LogP contribution in [0.25, 0.3) is 11.4 Å². The van der Waals surface area contributed by atoms with Crippen LogP contribution in [-0.2, 0) is 6.54 Å². The van der Waals surface area contributed by atoms with Gasteiger partial charge in [0.25, 0.3) is 5.56 Å². The lowest BCUT2D eigenvalue weighted by Gasteiger charge is -2.32. The number of H-pyrrole nitrogens is 1. The van der Waals surface area contributed by atoms with Crippen molar-refractivity contribution < 1.29 is 9.84 Å². The van der Waals surface area contributed by atoms with E-state index in [1.807, 2.05) is 24.3 Å². The highest BCUT2D eigenvalue weighted by molar-refractivity contribution is 5.52. The molecule has 0 aliphatic carbocycles. The highest BCUT2D eigenvalue weighted by Crippen LogP contribution is 2.29. The maximum atomic E-state index is 12.2. The second-order valence-corrected chi connectivity index (χ2v) is 7.33. The number of phenols is 1. The number of aromatic nitrogens is 3. The van der Waals surface area contributed by atoms with Crippen LogP contribution in [0.3, 0.4) is 0 Å². The molecular weight excluding hydrogens is 368 g/mol.